The third-order valence-corrected chi connectivity index (χ3v) is 6.57. The molecule has 0 saturated heterocycles. The van der Waals surface area contributed by atoms with Crippen molar-refractivity contribution in [2.45, 2.75) is 66.1 Å². The molecule has 0 bridgehead atoms. The number of amides is 2. The highest BCUT2D eigenvalue weighted by Crippen LogP contribution is 2.26. The van der Waals surface area contributed by atoms with Crippen molar-refractivity contribution < 1.29 is 14.3 Å². The average molecular weight is 524 g/mol. The summed E-state index contributed by atoms with van der Waals surface area (Å²) in [5.74, 6) is 0.135. The number of benzene rings is 2. The molecule has 0 aromatic heterocycles. The number of halogens is 2. The highest BCUT2D eigenvalue weighted by molar-refractivity contribution is 9.10. The monoisotopic (exact) mass is 522 g/mol. The van der Waals surface area contributed by atoms with Crippen LogP contribution in [0.3, 0.4) is 0 Å². The lowest BCUT2D eigenvalue weighted by molar-refractivity contribution is -0.143. The summed E-state index contributed by atoms with van der Waals surface area (Å²) in [6.45, 7) is 11.6. The predicted molar refractivity (Wildman–Crippen MR) is 133 cm³/mol. The largest absolute Gasteiger partial charge is 0.484 e. The summed E-state index contributed by atoms with van der Waals surface area (Å²) in [4.78, 5) is 27.9. The van der Waals surface area contributed by atoms with Crippen LogP contribution >= 0.6 is 27.5 Å². The van der Waals surface area contributed by atoms with E-state index >= 15 is 0 Å². The van der Waals surface area contributed by atoms with Crippen LogP contribution in [0.2, 0.25) is 5.02 Å². The number of aryl methyl sites for hydroxylation is 2. The summed E-state index contributed by atoms with van der Waals surface area (Å²) in [5.41, 5.74) is 2.42. The Morgan fingerprint density at radius 1 is 1.16 bits per heavy atom. The number of carbonyl (C=O) groups is 2. The van der Waals surface area contributed by atoms with Gasteiger partial charge in [0.2, 0.25) is 5.91 Å². The van der Waals surface area contributed by atoms with Crippen LogP contribution in [0.5, 0.6) is 5.75 Å². The normalized spacial score (nSPS) is 12.2. The van der Waals surface area contributed by atoms with Crippen LogP contribution in [0.25, 0.3) is 0 Å². The third-order valence-electron chi connectivity index (χ3n) is 4.95. The average Bonchev–Trinajstić information content (AvgIpc) is 2.70. The number of carbonyl (C=O) groups excluding carboxylic acids is 2. The van der Waals surface area contributed by atoms with Crippen molar-refractivity contribution in [1.29, 1.82) is 0 Å². The van der Waals surface area contributed by atoms with Crippen LogP contribution < -0.4 is 10.1 Å². The summed E-state index contributed by atoms with van der Waals surface area (Å²) in [5, 5.41) is 3.54. The minimum atomic E-state index is -0.644. The second-order valence-corrected chi connectivity index (χ2v) is 10.1. The quantitative estimate of drug-likeness (QED) is 0.474. The molecule has 2 aromatic rings. The topological polar surface area (TPSA) is 58.6 Å². The molecule has 0 fully saturated rings. The van der Waals surface area contributed by atoms with Crippen molar-refractivity contribution in [2.75, 3.05) is 6.61 Å². The number of ether oxygens (including phenoxy) is 1. The standard InChI is InChI=1S/C25H32BrClN2O3/c1-7-21(24(31)28-25(4,5)6)29(14-18-10-8-9-11-20(18)27)22(30)15-32-19-12-16(2)23(26)17(3)13-19/h8-13,21H,7,14-15H2,1-6H3,(H,28,31)/t21-/m1/s1. The molecule has 0 radical (unpaired) electrons. The maximum Gasteiger partial charge on any atom is 0.261 e. The predicted octanol–water partition coefficient (Wildman–Crippen LogP) is 5.82. The molecular formula is C25H32BrClN2O3. The molecule has 0 saturated carbocycles. The molecular weight excluding hydrogens is 492 g/mol. The van der Waals surface area contributed by atoms with Gasteiger partial charge in [0, 0.05) is 21.6 Å². The van der Waals surface area contributed by atoms with Gasteiger partial charge in [0.1, 0.15) is 11.8 Å². The molecule has 174 valence electrons. The van der Waals surface area contributed by atoms with Gasteiger partial charge in [-0.25, -0.2) is 0 Å². The molecule has 0 aliphatic rings. The molecule has 0 unspecified atom stereocenters. The molecule has 2 rings (SSSR count). The van der Waals surface area contributed by atoms with Gasteiger partial charge in [-0.2, -0.15) is 0 Å². The van der Waals surface area contributed by atoms with E-state index in [0.717, 1.165) is 21.2 Å². The van der Waals surface area contributed by atoms with Crippen LogP contribution in [0.1, 0.15) is 50.8 Å². The maximum absolute atomic E-state index is 13.3. The minimum Gasteiger partial charge on any atom is -0.484 e. The zero-order valence-electron chi connectivity index (χ0n) is 19.6. The molecule has 1 atom stereocenters. The summed E-state index contributed by atoms with van der Waals surface area (Å²) < 4.78 is 6.85. The molecule has 0 spiro atoms. The van der Waals surface area contributed by atoms with Gasteiger partial charge in [-0.15, -0.1) is 0 Å². The van der Waals surface area contributed by atoms with E-state index in [9.17, 15) is 9.59 Å². The number of nitrogens with one attached hydrogen (secondary N) is 1. The summed E-state index contributed by atoms with van der Waals surface area (Å²) in [7, 11) is 0. The number of hydrogen-bond donors (Lipinski definition) is 1. The van der Waals surface area contributed by atoms with Gasteiger partial charge < -0.3 is 15.0 Å². The molecule has 1 N–H and O–H groups in total. The minimum absolute atomic E-state index is 0.176. The Morgan fingerprint density at radius 3 is 2.28 bits per heavy atom. The number of rotatable bonds is 8. The Balaban J connectivity index is 2.28. The molecule has 2 aromatic carbocycles. The first-order valence-electron chi connectivity index (χ1n) is 10.7. The second-order valence-electron chi connectivity index (χ2n) is 8.94. The van der Waals surface area contributed by atoms with Crippen LogP contribution in [-0.2, 0) is 16.1 Å². The maximum atomic E-state index is 13.3. The zero-order chi connectivity index (χ0) is 24.1. The SMILES string of the molecule is CC[C@H](C(=O)NC(C)(C)C)N(Cc1ccccc1Cl)C(=O)COc1cc(C)c(Br)c(C)c1. The molecule has 0 aliphatic heterocycles. The van der Waals surface area contributed by atoms with E-state index in [1.807, 2.05) is 71.9 Å². The highest BCUT2D eigenvalue weighted by Gasteiger charge is 2.31. The molecule has 0 heterocycles. The van der Waals surface area contributed by atoms with Crippen molar-refractivity contribution >= 4 is 39.3 Å². The fraction of sp³-hybridized carbons (Fsp3) is 0.440. The lowest BCUT2D eigenvalue weighted by Gasteiger charge is -2.33. The zero-order valence-corrected chi connectivity index (χ0v) is 21.9. The van der Waals surface area contributed by atoms with Crippen LogP contribution in [0.15, 0.2) is 40.9 Å². The van der Waals surface area contributed by atoms with E-state index in [1.165, 1.54) is 0 Å². The number of nitrogens with zero attached hydrogens (tertiary/aromatic N) is 1. The van der Waals surface area contributed by atoms with E-state index in [0.29, 0.717) is 17.2 Å². The van der Waals surface area contributed by atoms with Crippen LogP contribution in [0.4, 0.5) is 0 Å². The first-order chi connectivity index (χ1) is 14.9. The first-order valence-corrected chi connectivity index (χ1v) is 11.8. The fourth-order valence-corrected chi connectivity index (χ4v) is 3.82. The van der Waals surface area contributed by atoms with E-state index in [2.05, 4.69) is 21.2 Å². The second kappa shape index (κ2) is 11.2. The molecule has 7 heteroatoms. The smallest absolute Gasteiger partial charge is 0.261 e. The molecule has 5 nitrogen and oxygen atoms in total. The number of hydrogen-bond acceptors (Lipinski definition) is 3. The molecule has 0 aliphatic carbocycles. The van der Waals surface area contributed by atoms with Gasteiger partial charge in [0.05, 0.1) is 0 Å². The van der Waals surface area contributed by atoms with Crippen LogP contribution in [-0.4, -0.2) is 34.9 Å². The van der Waals surface area contributed by atoms with E-state index in [4.69, 9.17) is 16.3 Å². The Bertz CT molecular complexity index is 949. The Labute approximate surface area is 204 Å². The Hall–Kier alpha value is -2.05. The van der Waals surface area contributed by atoms with Crippen molar-refractivity contribution in [3.8, 4) is 5.75 Å². The summed E-state index contributed by atoms with van der Waals surface area (Å²) in [6, 6.07) is 10.5. The van der Waals surface area contributed by atoms with Crippen molar-refractivity contribution in [3.05, 3.63) is 62.6 Å². The molecule has 32 heavy (non-hydrogen) atoms. The third kappa shape index (κ3) is 7.24. The van der Waals surface area contributed by atoms with E-state index < -0.39 is 11.6 Å². The van der Waals surface area contributed by atoms with Gasteiger partial charge in [-0.1, -0.05) is 52.7 Å². The Kier molecular flexibility index (Phi) is 9.17. The van der Waals surface area contributed by atoms with E-state index in [1.54, 1.807) is 11.0 Å². The highest BCUT2D eigenvalue weighted by atomic mass is 79.9. The first kappa shape index (κ1) is 26.2. The van der Waals surface area contributed by atoms with Crippen molar-refractivity contribution in [2.24, 2.45) is 0 Å². The van der Waals surface area contributed by atoms with Crippen molar-refractivity contribution in [3.63, 3.8) is 0 Å². The summed E-state index contributed by atoms with van der Waals surface area (Å²) in [6.07, 6.45) is 0.467. The van der Waals surface area contributed by atoms with Gasteiger partial charge >= 0.3 is 0 Å². The van der Waals surface area contributed by atoms with Gasteiger partial charge in [-0.3, -0.25) is 9.59 Å². The van der Waals surface area contributed by atoms with Crippen LogP contribution in [0, 0.1) is 13.8 Å². The Morgan fingerprint density at radius 2 is 1.75 bits per heavy atom. The van der Waals surface area contributed by atoms with Gasteiger partial charge in [0.15, 0.2) is 6.61 Å². The summed E-state index contributed by atoms with van der Waals surface area (Å²) >= 11 is 9.90. The van der Waals surface area contributed by atoms with Crippen molar-refractivity contribution in [1.82, 2.24) is 10.2 Å². The van der Waals surface area contributed by atoms with Gasteiger partial charge in [-0.05, 0) is 75.9 Å². The lowest BCUT2D eigenvalue weighted by atomic mass is 10.1. The van der Waals surface area contributed by atoms with E-state index in [-0.39, 0.29) is 25.0 Å². The van der Waals surface area contributed by atoms with Gasteiger partial charge in [0.25, 0.3) is 5.91 Å². The lowest BCUT2D eigenvalue weighted by Crippen LogP contribution is -2.54. The fourth-order valence-electron chi connectivity index (χ4n) is 3.40. The molecule has 2 amide bonds.